The van der Waals surface area contributed by atoms with Gasteiger partial charge in [-0.05, 0) is 45.3 Å². The molecule has 0 rings (SSSR count). The van der Waals surface area contributed by atoms with Gasteiger partial charge in [-0.15, -0.1) is 0 Å². The Kier molecular flexibility index (Phi) is 6.01. The van der Waals surface area contributed by atoms with Crippen molar-refractivity contribution in [2.45, 2.75) is 40.5 Å². The maximum absolute atomic E-state index is 11.8. The molecule has 0 spiro atoms. The third-order valence-corrected chi connectivity index (χ3v) is 3.72. The van der Waals surface area contributed by atoms with E-state index < -0.39 is 0 Å². The summed E-state index contributed by atoms with van der Waals surface area (Å²) in [4.78, 5) is 13.9. The van der Waals surface area contributed by atoms with Gasteiger partial charge >= 0.3 is 0 Å². The van der Waals surface area contributed by atoms with E-state index in [1.165, 1.54) is 0 Å². The number of primary amides is 1. The molecular formula is C13H28N2O. The molecule has 0 bridgehead atoms. The summed E-state index contributed by atoms with van der Waals surface area (Å²) in [5, 5.41) is 0. The summed E-state index contributed by atoms with van der Waals surface area (Å²) in [6.07, 6.45) is 1.90. The minimum Gasteiger partial charge on any atom is -0.369 e. The molecule has 0 heterocycles. The van der Waals surface area contributed by atoms with Crippen molar-refractivity contribution in [3.63, 3.8) is 0 Å². The molecule has 0 fully saturated rings. The Hall–Kier alpha value is -0.570. The van der Waals surface area contributed by atoms with Crippen LogP contribution in [0.15, 0.2) is 0 Å². The lowest BCUT2D eigenvalue weighted by molar-refractivity contribution is -0.134. The molecule has 0 aromatic carbocycles. The van der Waals surface area contributed by atoms with Gasteiger partial charge < -0.3 is 10.6 Å². The Bertz CT molecular complexity index is 214. The molecule has 0 saturated heterocycles. The van der Waals surface area contributed by atoms with E-state index >= 15 is 0 Å². The van der Waals surface area contributed by atoms with E-state index in [4.69, 9.17) is 5.73 Å². The van der Waals surface area contributed by atoms with E-state index in [2.05, 4.69) is 46.7 Å². The van der Waals surface area contributed by atoms with Gasteiger partial charge in [0.15, 0.2) is 0 Å². The minimum absolute atomic E-state index is 0.142. The van der Waals surface area contributed by atoms with Gasteiger partial charge in [-0.25, -0.2) is 0 Å². The largest absolute Gasteiger partial charge is 0.369 e. The summed E-state index contributed by atoms with van der Waals surface area (Å²) < 4.78 is 0. The van der Waals surface area contributed by atoms with Gasteiger partial charge in [-0.1, -0.05) is 27.7 Å². The van der Waals surface area contributed by atoms with Crippen LogP contribution >= 0.6 is 0 Å². The first-order valence-corrected chi connectivity index (χ1v) is 6.19. The standard InChI is InChI=1S/C13H28N2O/c1-10(2)13(11(3)4,12(14)16)8-7-9-15(5)6/h10-11H,7-9H2,1-6H3,(H2,14,16). The summed E-state index contributed by atoms with van der Waals surface area (Å²) in [6.45, 7) is 9.40. The lowest BCUT2D eigenvalue weighted by atomic mass is 9.65. The van der Waals surface area contributed by atoms with Crippen LogP contribution in [0.1, 0.15) is 40.5 Å². The number of hydrogen-bond donors (Lipinski definition) is 1. The van der Waals surface area contributed by atoms with E-state index in [-0.39, 0.29) is 11.3 Å². The summed E-state index contributed by atoms with van der Waals surface area (Å²) in [5.41, 5.74) is 5.29. The lowest BCUT2D eigenvalue weighted by Crippen LogP contribution is -2.46. The van der Waals surface area contributed by atoms with E-state index in [0.717, 1.165) is 19.4 Å². The molecule has 0 aromatic heterocycles. The quantitative estimate of drug-likeness (QED) is 0.725. The van der Waals surface area contributed by atoms with Crippen molar-refractivity contribution in [3.8, 4) is 0 Å². The number of hydrogen-bond acceptors (Lipinski definition) is 2. The molecule has 3 nitrogen and oxygen atoms in total. The van der Waals surface area contributed by atoms with Crippen LogP contribution in [-0.4, -0.2) is 31.4 Å². The van der Waals surface area contributed by atoms with Crippen molar-refractivity contribution in [1.82, 2.24) is 4.90 Å². The number of nitrogens with two attached hydrogens (primary N) is 1. The molecule has 96 valence electrons. The van der Waals surface area contributed by atoms with Gasteiger partial charge in [0.2, 0.25) is 5.91 Å². The molecule has 0 unspecified atom stereocenters. The van der Waals surface area contributed by atoms with Crippen LogP contribution in [0.25, 0.3) is 0 Å². The van der Waals surface area contributed by atoms with Crippen LogP contribution in [0.5, 0.6) is 0 Å². The summed E-state index contributed by atoms with van der Waals surface area (Å²) in [5.74, 6) is 0.454. The van der Waals surface area contributed by atoms with Crippen molar-refractivity contribution >= 4 is 5.91 Å². The lowest BCUT2D eigenvalue weighted by Gasteiger charge is -2.38. The van der Waals surface area contributed by atoms with Gasteiger partial charge in [0.1, 0.15) is 0 Å². The van der Waals surface area contributed by atoms with Crippen LogP contribution in [0.2, 0.25) is 0 Å². The van der Waals surface area contributed by atoms with Gasteiger partial charge in [0.05, 0.1) is 5.41 Å². The second-order valence-corrected chi connectivity index (χ2v) is 5.62. The predicted octanol–water partition coefficient (Wildman–Crippen LogP) is 2.11. The number of rotatable bonds is 7. The molecule has 0 radical (unpaired) electrons. The number of nitrogens with zero attached hydrogens (tertiary/aromatic N) is 1. The Morgan fingerprint density at radius 3 is 1.88 bits per heavy atom. The first kappa shape index (κ1) is 15.4. The van der Waals surface area contributed by atoms with Crippen molar-refractivity contribution in [2.75, 3.05) is 20.6 Å². The SMILES string of the molecule is CC(C)C(CCCN(C)C)(C(N)=O)C(C)C. The third kappa shape index (κ3) is 3.48. The first-order valence-electron chi connectivity index (χ1n) is 6.19. The average Bonchev–Trinajstić information content (AvgIpc) is 2.09. The van der Waals surface area contributed by atoms with E-state index in [1.54, 1.807) is 0 Å². The topological polar surface area (TPSA) is 46.3 Å². The molecule has 0 aliphatic rings. The Morgan fingerprint density at radius 1 is 1.19 bits per heavy atom. The maximum Gasteiger partial charge on any atom is 0.224 e. The highest BCUT2D eigenvalue weighted by Crippen LogP contribution is 2.40. The van der Waals surface area contributed by atoms with Crippen molar-refractivity contribution < 1.29 is 4.79 Å². The summed E-state index contributed by atoms with van der Waals surface area (Å²) in [7, 11) is 4.10. The fraction of sp³-hybridized carbons (Fsp3) is 0.923. The Labute approximate surface area is 100 Å². The van der Waals surface area contributed by atoms with Crippen LogP contribution in [0.3, 0.4) is 0 Å². The van der Waals surface area contributed by atoms with Crippen LogP contribution < -0.4 is 5.73 Å². The fourth-order valence-electron chi connectivity index (χ4n) is 2.62. The zero-order chi connectivity index (χ0) is 12.9. The normalized spacial score (nSPS) is 12.8. The Balaban J connectivity index is 4.71. The molecule has 1 amide bonds. The van der Waals surface area contributed by atoms with Crippen molar-refractivity contribution in [1.29, 1.82) is 0 Å². The monoisotopic (exact) mass is 228 g/mol. The molecule has 2 N–H and O–H groups in total. The highest BCUT2D eigenvalue weighted by atomic mass is 16.1. The third-order valence-electron chi connectivity index (χ3n) is 3.72. The summed E-state index contributed by atoms with van der Waals surface area (Å²) in [6, 6.07) is 0. The van der Waals surface area contributed by atoms with E-state index in [1.807, 2.05) is 0 Å². The minimum atomic E-state index is -0.351. The van der Waals surface area contributed by atoms with Gasteiger partial charge in [0.25, 0.3) is 0 Å². The zero-order valence-electron chi connectivity index (χ0n) is 11.7. The van der Waals surface area contributed by atoms with Crippen molar-refractivity contribution in [2.24, 2.45) is 23.0 Å². The van der Waals surface area contributed by atoms with E-state index in [9.17, 15) is 4.79 Å². The molecule has 0 aromatic rings. The molecular weight excluding hydrogens is 200 g/mol. The number of carbonyl (C=O) groups excluding carboxylic acids is 1. The second kappa shape index (κ2) is 6.24. The highest BCUT2D eigenvalue weighted by Gasteiger charge is 2.42. The van der Waals surface area contributed by atoms with Crippen LogP contribution in [0.4, 0.5) is 0 Å². The maximum atomic E-state index is 11.8. The summed E-state index contributed by atoms with van der Waals surface area (Å²) >= 11 is 0. The van der Waals surface area contributed by atoms with Gasteiger partial charge in [-0.3, -0.25) is 4.79 Å². The average molecular weight is 228 g/mol. The van der Waals surface area contributed by atoms with Crippen LogP contribution in [-0.2, 0) is 4.79 Å². The zero-order valence-corrected chi connectivity index (χ0v) is 11.7. The molecule has 3 heteroatoms. The van der Waals surface area contributed by atoms with Gasteiger partial charge in [-0.2, -0.15) is 0 Å². The smallest absolute Gasteiger partial charge is 0.224 e. The highest BCUT2D eigenvalue weighted by molar-refractivity contribution is 5.81. The second-order valence-electron chi connectivity index (χ2n) is 5.62. The number of carbonyl (C=O) groups is 1. The predicted molar refractivity (Wildman–Crippen MR) is 69.1 cm³/mol. The van der Waals surface area contributed by atoms with Crippen molar-refractivity contribution in [3.05, 3.63) is 0 Å². The number of amides is 1. The molecule has 16 heavy (non-hydrogen) atoms. The molecule has 0 saturated carbocycles. The first-order chi connectivity index (χ1) is 7.25. The molecule has 0 aliphatic carbocycles. The van der Waals surface area contributed by atoms with E-state index in [0.29, 0.717) is 11.8 Å². The van der Waals surface area contributed by atoms with Gasteiger partial charge in [0, 0.05) is 0 Å². The Morgan fingerprint density at radius 2 is 1.62 bits per heavy atom. The molecule has 0 atom stereocenters. The molecule has 0 aliphatic heterocycles. The van der Waals surface area contributed by atoms with Crippen LogP contribution in [0, 0.1) is 17.3 Å². The fourth-order valence-corrected chi connectivity index (χ4v) is 2.62.